The number of nitrogens with zero attached hydrogens (tertiary/aromatic N) is 1. The predicted molar refractivity (Wildman–Crippen MR) is 37.3 cm³/mol. The van der Waals surface area contributed by atoms with E-state index in [1.807, 2.05) is 0 Å². The second kappa shape index (κ2) is 8.63. The van der Waals surface area contributed by atoms with Gasteiger partial charge in [0.2, 0.25) is 0 Å². The smallest absolute Gasteiger partial charge is 0.316 e. The van der Waals surface area contributed by atoms with Crippen molar-refractivity contribution in [3.63, 3.8) is 0 Å². The molecule has 7 heteroatoms. The first-order valence-electron chi connectivity index (χ1n) is 2.38. The first-order chi connectivity index (χ1) is 5.04. The van der Waals surface area contributed by atoms with Gasteiger partial charge in [-0.15, -0.1) is 5.90 Å². The van der Waals surface area contributed by atoms with Gasteiger partial charge in [0.25, 0.3) is 0 Å². The number of allylic oxidation sites excluding steroid dienone is 1. The third-order valence-electron chi connectivity index (χ3n) is 0.312. The maximum Gasteiger partial charge on any atom is 0.316 e. The normalized spacial score (nSPS) is 9.55. The number of alkyl halides is 1. The minimum Gasteiger partial charge on any atom is -0.400 e. The van der Waals surface area contributed by atoms with Crippen molar-refractivity contribution in [3.8, 4) is 0 Å². The van der Waals surface area contributed by atoms with Crippen LogP contribution < -0.4 is 17.4 Å². The number of nitrogens with two attached hydrogens (primary N) is 3. The molecule has 0 aromatic carbocycles. The highest BCUT2D eigenvalue weighted by Gasteiger charge is 1.76. The van der Waals surface area contributed by atoms with Gasteiger partial charge in [-0.25, -0.2) is 4.39 Å². The Kier molecular flexibility index (Phi) is 9.67. The molecule has 0 bridgehead atoms. The monoisotopic (exact) mass is 168 g/mol. The SMILES string of the molecule is C=C(N)CF.NO/N=C(\N)F. The van der Waals surface area contributed by atoms with Gasteiger partial charge in [0.15, 0.2) is 0 Å². The first-order valence-corrected chi connectivity index (χ1v) is 2.38. The highest BCUT2D eigenvalue weighted by molar-refractivity contribution is 5.68. The van der Waals surface area contributed by atoms with Crippen molar-refractivity contribution in [3.05, 3.63) is 12.3 Å². The van der Waals surface area contributed by atoms with Gasteiger partial charge in [-0.05, 0) is 5.16 Å². The number of rotatable bonds is 2. The average molecular weight is 168 g/mol. The summed E-state index contributed by atoms with van der Waals surface area (Å²) in [6.45, 7) is 2.47. The predicted octanol–water partition coefficient (Wildman–Crippen LogP) is -0.496. The highest BCUT2D eigenvalue weighted by Crippen LogP contribution is 1.72. The van der Waals surface area contributed by atoms with Gasteiger partial charge in [-0.1, -0.05) is 6.58 Å². The fraction of sp³-hybridized carbons (Fsp3) is 0.250. The van der Waals surface area contributed by atoms with Gasteiger partial charge in [-0.2, -0.15) is 4.39 Å². The molecule has 0 spiro atoms. The number of amidine groups is 1. The van der Waals surface area contributed by atoms with Crippen molar-refractivity contribution >= 4 is 6.09 Å². The Morgan fingerprint density at radius 3 is 1.91 bits per heavy atom. The zero-order chi connectivity index (χ0) is 9.28. The molecule has 0 heterocycles. The largest absolute Gasteiger partial charge is 0.400 e. The van der Waals surface area contributed by atoms with Crippen molar-refractivity contribution in [2.45, 2.75) is 0 Å². The molecule has 0 aromatic rings. The van der Waals surface area contributed by atoms with Crippen LogP contribution in [-0.2, 0) is 4.94 Å². The molecule has 0 aliphatic rings. The van der Waals surface area contributed by atoms with E-state index < -0.39 is 12.8 Å². The molecule has 0 amide bonds. The molecule has 66 valence electrons. The Labute approximate surface area is 62.4 Å². The third kappa shape index (κ3) is 28.8. The van der Waals surface area contributed by atoms with E-state index in [0.717, 1.165) is 0 Å². The zero-order valence-electron chi connectivity index (χ0n) is 5.76. The van der Waals surface area contributed by atoms with Crippen LogP contribution in [0.1, 0.15) is 0 Å². The Bertz CT molecular complexity index is 134. The third-order valence-corrected chi connectivity index (χ3v) is 0.312. The molecule has 0 saturated carbocycles. The minimum atomic E-state index is -1.18. The summed E-state index contributed by atoms with van der Waals surface area (Å²) in [7, 11) is 0. The van der Waals surface area contributed by atoms with Crippen LogP contribution in [0.25, 0.3) is 0 Å². The van der Waals surface area contributed by atoms with E-state index in [0.29, 0.717) is 0 Å². The molecule has 0 unspecified atom stereocenters. The van der Waals surface area contributed by atoms with Crippen LogP contribution in [0.15, 0.2) is 17.4 Å². The summed E-state index contributed by atoms with van der Waals surface area (Å²) in [5.74, 6) is 4.22. The second-order valence-electron chi connectivity index (χ2n) is 1.31. The molecule has 0 radical (unpaired) electrons. The molecule has 0 saturated heterocycles. The summed E-state index contributed by atoms with van der Waals surface area (Å²) >= 11 is 0. The Hall–Kier alpha value is -1.37. The van der Waals surface area contributed by atoms with E-state index in [1.54, 1.807) is 0 Å². The van der Waals surface area contributed by atoms with Crippen LogP contribution >= 0.6 is 0 Å². The van der Waals surface area contributed by atoms with Gasteiger partial charge >= 0.3 is 6.09 Å². The van der Waals surface area contributed by atoms with E-state index in [-0.39, 0.29) is 5.70 Å². The second-order valence-corrected chi connectivity index (χ2v) is 1.31. The van der Waals surface area contributed by atoms with Crippen LogP contribution in [0.5, 0.6) is 0 Å². The summed E-state index contributed by atoms with van der Waals surface area (Å²) in [6.07, 6.45) is -1.18. The molecule has 0 atom stereocenters. The van der Waals surface area contributed by atoms with Gasteiger partial charge in [0.05, 0.1) is 0 Å². The lowest BCUT2D eigenvalue weighted by Crippen LogP contribution is -2.05. The van der Waals surface area contributed by atoms with Crippen LogP contribution in [0.4, 0.5) is 8.78 Å². The number of hydrogen-bond acceptors (Lipinski definition) is 4. The van der Waals surface area contributed by atoms with Crippen LogP contribution in [0.2, 0.25) is 0 Å². The lowest BCUT2D eigenvalue weighted by atomic mass is 10.6. The molecular weight excluding hydrogens is 158 g/mol. The lowest BCUT2D eigenvalue weighted by Gasteiger charge is -1.78. The summed E-state index contributed by atoms with van der Waals surface area (Å²) in [4.78, 5) is 3.39. The average Bonchev–Trinajstić information content (AvgIpc) is 1.89. The topological polar surface area (TPSA) is 99.6 Å². The number of oxime groups is 1. The molecule has 0 fully saturated rings. The van der Waals surface area contributed by atoms with Crippen molar-refractivity contribution < 1.29 is 13.7 Å². The first kappa shape index (κ1) is 12.3. The number of hydrogen-bond donors (Lipinski definition) is 3. The molecule has 0 rings (SSSR count). The summed E-state index contributed by atoms with van der Waals surface area (Å²) in [6, 6.07) is 0. The molecule has 11 heavy (non-hydrogen) atoms. The van der Waals surface area contributed by atoms with E-state index in [2.05, 4.69) is 28.3 Å². The Balaban J connectivity index is 0. The standard InChI is InChI=1S/C3H6FN.CH4FN3O/c1-3(5)2-4;2-1(3)5-6-4/h1-2,5H2;4H2,(H2,3,5). The van der Waals surface area contributed by atoms with Crippen molar-refractivity contribution in [2.24, 2.45) is 22.5 Å². The fourth-order valence-corrected chi connectivity index (χ4v) is 0.0503. The minimum absolute atomic E-state index is 0.0880. The Morgan fingerprint density at radius 1 is 1.55 bits per heavy atom. The molecule has 6 N–H and O–H groups in total. The maximum atomic E-state index is 11.0. The van der Waals surface area contributed by atoms with Crippen LogP contribution in [-0.4, -0.2) is 12.8 Å². The van der Waals surface area contributed by atoms with Crippen LogP contribution in [0.3, 0.4) is 0 Å². The van der Waals surface area contributed by atoms with Crippen LogP contribution in [0, 0.1) is 0 Å². The highest BCUT2D eigenvalue weighted by atomic mass is 19.1. The van der Waals surface area contributed by atoms with Gasteiger partial charge in [0, 0.05) is 5.70 Å². The summed E-state index contributed by atoms with van der Waals surface area (Å²) in [5.41, 5.74) is 9.09. The van der Waals surface area contributed by atoms with Crippen molar-refractivity contribution in [2.75, 3.05) is 6.67 Å². The van der Waals surface area contributed by atoms with E-state index in [4.69, 9.17) is 5.73 Å². The lowest BCUT2D eigenvalue weighted by molar-refractivity contribution is 0.145. The molecular formula is C4H10F2N4O. The van der Waals surface area contributed by atoms with Crippen molar-refractivity contribution in [1.82, 2.24) is 0 Å². The summed E-state index contributed by atoms with van der Waals surface area (Å²) in [5, 5.41) is 2.43. The zero-order valence-corrected chi connectivity index (χ0v) is 5.76. The summed E-state index contributed by atoms with van der Waals surface area (Å²) < 4.78 is 21.9. The van der Waals surface area contributed by atoms with E-state index >= 15 is 0 Å². The molecule has 5 nitrogen and oxygen atoms in total. The van der Waals surface area contributed by atoms with Crippen molar-refractivity contribution in [1.29, 1.82) is 0 Å². The Morgan fingerprint density at radius 2 is 1.91 bits per heavy atom. The quantitative estimate of drug-likeness (QED) is 0.224. The van der Waals surface area contributed by atoms with E-state index in [1.165, 1.54) is 0 Å². The molecule has 0 aromatic heterocycles. The number of halogens is 2. The maximum absolute atomic E-state index is 11.0. The van der Waals surface area contributed by atoms with Gasteiger partial charge < -0.3 is 11.5 Å². The van der Waals surface area contributed by atoms with Gasteiger partial charge in [-0.3, -0.25) is 4.94 Å². The molecule has 0 aliphatic carbocycles. The fourth-order valence-electron chi connectivity index (χ4n) is 0.0503. The molecule has 0 aliphatic heterocycles. The van der Waals surface area contributed by atoms with E-state index in [9.17, 15) is 8.78 Å². The van der Waals surface area contributed by atoms with Gasteiger partial charge in [0.1, 0.15) is 6.67 Å².